The lowest BCUT2D eigenvalue weighted by molar-refractivity contribution is 0.995. The minimum atomic E-state index is 0.321. The Balaban J connectivity index is 1.59. The van der Waals surface area contributed by atoms with E-state index in [-0.39, 0.29) is 0 Å². The molecule has 11 heteroatoms. The Morgan fingerprint density at radius 2 is 1.77 bits per heavy atom. The van der Waals surface area contributed by atoms with Gasteiger partial charge in [0, 0.05) is 29.9 Å². The number of benzene rings is 1. The molecule has 0 atom stereocenters. The third-order valence-electron chi connectivity index (χ3n) is 4.35. The zero-order valence-electron chi connectivity index (χ0n) is 15.7. The fraction of sp³-hybridized carbons (Fsp3) is 0.100. The largest absolute Gasteiger partial charge is 0.368 e. The first-order chi connectivity index (χ1) is 15.0. The van der Waals surface area contributed by atoms with Crippen LogP contribution in [0.5, 0.6) is 0 Å². The summed E-state index contributed by atoms with van der Waals surface area (Å²) in [5, 5.41) is 16.9. The maximum absolute atomic E-state index is 8.84. The summed E-state index contributed by atoms with van der Waals surface area (Å²) in [5.41, 5.74) is 2.04. The summed E-state index contributed by atoms with van der Waals surface area (Å²) in [7, 11) is 0. The number of rotatable bonds is 6. The van der Waals surface area contributed by atoms with E-state index in [9.17, 15) is 0 Å². The number of fused-ring (bicyclic) bond motifs is 1. The van der Waals surface area contributed by atoms with Crippen LogP contribution in [0, 0.1) is 11.3 Å². The lowest BCUT2D eigenvalue weighted by Gasteiger charge is -2.14. The molecular formula is C20H13Cl4N7. The highest BCUT2D eigenvalue weighted by Gasteiger charge is 2.19. The number of hydrogen-bond donors (Lipinski definition) is 2. The number of anilines is 2. The van der Waals surface area contributed by atoms with Crippen LogP contribution in [0.3, 0.4) is 0 Å². The molecule has 0 saturated heterocycles. The van der Waals surface area contributed by atoms with Crippen molar-refractivity contribution in [1.29, 1.82) is 5.26 Å². The van der Waals surface area contributed by atoms with E-state index in [1.807, 2.05) is 6.07 Å². The van der Waals surface area contributed by atoms with E-state index in [1.165, 1.54) is 12.4 Å². The Bertz CT molecular complexity index is 1300. The first-order valence-electron chi connectivity index (χ1n) is 8.99. The van der Waals surface area contributed by atoms with Crippen molar-refractivity contribution in [2.75, 3.05) is 23.7 Å². The van der Waals surface area contributed by atoms with Crippen molar-refractivity contribution in [3.05, 3.63) is 68.5 Å². The van der Waals surface area contributed by atoms with Crippen molar-refractivity contribution >= 4 is 63.8 Å². The third kappa shape index (κ3) is 4.48. The number of nitriles is 1. The number of pyridine rings is 1. The summed E-state index contributed by atoms with van der Waals surface area (Å²) in [5.74, 6) is 1.11. The average Bonchev–Trinajstić information content (AvgIpc) is 3.16. The second-order valence-corrected chi connectivity index (χ2v) is 7.97. The molecule has 0 aliphatic heterocycles. The van der Waals surface area contributed by atoms with Crippen LogP contribution in [0.2, 0.25) is 20.2 Å². The molecule has 3 aromatic heterocycles. The summed E-state index contributed by atoms with van der Waals surface area (Å²) >= 11 is 25.3. The molecule has 0 amide bonds. The molecule has 1 aromatic carbocycles. The van der Waals surface area contributed by atoms with Gasteiger partial charge in [-0.1, -0.05) is 46.4 Å². The van der Waals surface area contributed by atoms with Gasteiger partial charge in [0.05, 0.1) is 22.5 Å². The van der Waals surface area contributed by atoms with Gasteiger partial charge in [-0.25, -0.2) is 15.0 Å². The number of halogens is 4. The summed E-state index contributed by atoms with van der Waals surface area (Å²) < 4.78 is 1.62. The van der Waals surface area contributed by atoms with Gasteiger partial charge in [-0.3, -0.25) is 4.40 Å². The second-order valence-electron chi connectivity index (χ2n) is 6.36. The van der Waals surface area contributed by atoms with Gasteiger partial charge in [0.1, 0.15) is 22.1 Å². The monoisotopic (exact) mass is 491 g/mol. The Kier molecular flexibility index (Phi) is 6.35. The van der Waals surface area contributed by atoms with E-state index in [0.29, 0.717) is 67.5 Å². The van der Waals surface area contributed by atoms with Crippen LogP contribution in [0.4, 0.5) is 11.8 Å². The summed E-state index contributed by atoms with van der Waals surface area (Å²) in [6, 6.07) is 10.6. The van der Waals surface area contributed by atoms with Crippen LogP contribution >= 0.6 is 46.4 Å². The number of hydrogen-bond acceptors (Lipinski definition) is 6. The van der Waals surface area contributed by atoms with E-state index in [0.717, 1.165) is 0 Å². The molecule has 0 bridgehead atoms. The molecule has 0 aliphatic carbocycles. The lowest BCUT2D eigenvalue weighted by Crippen LogP contribution is -2.17. The highest BCUT2D eigenvalue weighted by Crippen LogP contribution is 2.37. The molecule has 7 nitrogen and oxygen atoms in total. The Hall–Kier alpha value is -2.76. The van der Waals surface area contributed by atoms with E-state index >= 15 is 0 Å². The summed E-state index contributed by atoms with van der Waals surface area (Å²) in [6.07, 6.45) is 3.01. The normalized spacial score (nSPS) is 10.8. The second kappa shape index (κ2) is 9.16. The van der Waals surface area contributed by atoms with Crippen LogP contribution < -0.4 is 10.6 Å². The van der Waals surface area contributed by atoms with E-state index < -0.39 is 0 Å². The maximum Gasteiger partial charge on any atom is 0.210 e. The maximum atomic E-state index is 8.84. The predicted molar refractivity (Wildman–Crippen MR) is 124 cm³/mol. The van der Waals surface area contributed by atoms with Crippen LogP contribution in [-0.4, -0.2) is 32.4 Å². The number of nitrogens with zero attached hydrogens (tertiary/aromatic N) is 5. The fourth-order valence-corrected chi connectivity index (χ4v) is 3.89. The third-order valence-corrected chi connectivity index (χ3v) is 5.51. The molecule has 0 radical (unpaired) electrons. The molecule has 31 heavy (non-hydrogen) atoms. The minimum absolute atomic E-state index is 0.321. The van der Waals surface area contributed by atoms with Crippen molar-refractivity contribution in [1.82, 2.24) is 19.4 Å². The first kappa shape index (κ1) is 21.5. The highest BCUT2D eigenvalue weighted by molar-refractivity contribution is 6.39. The van der Waals surface area contributed by atoms with Gasteiger partial charge in [0.25, 0.3) is 0 Å². The van der Waals surface area contributed by atoms with Crippen molar-refractivity contribution in [2.24, 2.45) is 0 Å². The summed E-state index contributed by atoms with van der Waals surface area (Å²) in [4.78, 5) is 13.1. The van der Waals surface area contributed by atoms with Gasteiger partial charge < -0.3 is 10.6 Å². The topological polar surface area (TPSA) is 90.9 Å². The van der Waals surface area contributed by atoms with Gasteiger partial charge >= 0.3 is 0 Å². The van der Waals surface area contributed by atoms with Gasteiger partial charge in [0.2, 0.25) is 5.95 Å². The van der Waals surface area contributed by atoms with Crippen LogP contribution in [0.15, 0.2) is 42.7 Å². The van der Waals surface area contributed by atoms with Crippen molar-refractivity contribution in [3.63, 3.8) is 0 Å². The zero-order chi connectivity index (χ0) is 22.0. The Morgan fingerprint density at radius 1 is 0.968 bits per heavy atom. The highest BCUT2D eigenvalue weighted by atomic mass is 35.5. The van der Waals surface area contributed by atoms with Crippen molar-refractivity contribution in [3.8, 4) is 17.3 Å². The number of aromatic nitrogens is 4. The molecular weight excluding hydrogens is 480 g/mol. The van der Waals surface area contributed by atoms with Crippen LogP contribution in [-0.2, 0) is 0 Å². The van der Waals surface area contributed by atoms with Gasteiger partial charge in [-0.05, 0) is 30.3 Å². The molecule has 0 spiro atoms. The van der Waals surface area contributed by atoms with Crippen LogP contribution in [0.25, 0.3) is 16.9 Å². The molecule has 0 aliphatic rings. The smallest absolute Gasteiger partial charge is 0.210 e. The Labute approximate surface area is 197 Å². The number of nitrogens with one attached hydrogen (secondary N) is 2. The summed E-state index contributed by atoms with van der Waals surface area (Å²) in [6.45, 7) is 1.03. The first-order valence-corrected chi connectivity index (χ1v) is 10.5. The van der Waals surface area contributed by atoms with E-state index in [4.69, 9.17) is 51.7 Å². The van der Waals surface area contributed by atoms with Gasteiger partial charge in [-0.15, -0.1) is 0 Å². The SMILES string of the molecule is N#Cc1ccc(NCCNc2nc(-c3ccc(Cl)cc3Cl)c(Cl)c3ncc(Cl)n23)nc1. The molecule has 0 saturated carbocycles. The van der Waals surface area contributed by atoms with E-state index in [1.54, 1.807) is 34.7 Å². The predicted octanol–water partition coefficient (Wildman–Crippen LogP) is 5.80. The van der Waals surface area contributed by atoms with Gasteiger partial charge in [0.15, 0.2) is 5.65 Å². The van der Waals surface area contributed by atoms with Crippen LogP contribution in [0.1, 0.15) is 5.56 Å². The van der Waals surface area contributed by atoms with Crippen molar-refractivity contribution < 1.29 is 0 Å². The molecule has 3 heterocycles. The standard InChI is InChI=1S/C20H13Cl4N7/c21-12-2-3-13(14(22)7-12)18-17(24)19-29-10-15(23)31(19)20(30-18)27-6-5-26-16-4-1-11(8-25)9-28-16/h1-4,7,9-10H,5-6H2,(H,26,28)(H,27,30). The molecule has 4 rings (SSSR count). The van der Waals surface area contributed by atoms with Crippen molar-refractivity contribution in [2.45, 2.75) is 0 Å². The molecule has 4 aromatic rings. The number of imidazole rings is 1. The van der Waals surface area contributed by atoms with Gasteiger partial charge in [-0.2, -0.15) is 5.26 Å². The zero-order valence-corrected chi connectivity index (χ0v) is 18.7. The molecule has 156 valence electrons. The lowest BCUT2D eigenvalue weighted by atomic mass is 10.1. The Morgan fingerprint density at radius 3 is 2.48 bits per heavy atom. The molecule has 0 unspecified atom stereocenters. The minimum Gasteiger partial charge on any atom is -0.368 e. The van der Waals surface area contributed by atoms with E-state index in [2.05, 4.69) is 25.6 Å². The quantitative estimate of drug-likeness (QED) is 0.330. The fourth-order valence-electron chi connectivity index (χ4n) is 2.91. The molecule has 2 N–H and O–H groups in total. The molecule has 0 fully saturated rings. The average molecular weight is 493 g/mol.